The predicted molar refractivity (Wildman–Crippen MR) is 94.6 cm³/mol. The van der Waals surface area contributed by atoms with Gasteiger partial charge in [0.05, 0.1) is 14.2 Å². The van der Waals surface area contributed by atoms with Crippen LogP contribution in [0.15, 0.2) is 42.5 Å². The van der Waals surface area contributed by atoms with Gasteiger partial charge < -0.3 is 24.3 Å². The van der Waals surface area contributed by atoms with Gasteiger partial charge in [-0.05, 0) is 35.9 Å². The van der Waals surface area contributed by atoms with Crippen molar-refractivity contribution in [3.63, 3.8) is 0 Å². The van der Waals surface area contributed by atoms with Crippen molar-refractivity contribution < 1.29 is 23.7 Å². The molecule has 0 spiro atoms. The number of hydrogen-bond donors (Lipinski definition) is 1. The van der Waals surface area contributed by atoms with E-state index < -0.39 is 0 Å². The predicted octanol–water partition coefficient (Wildman–Crippen LogP) is 3.13. The number of benzene rings is 2. The van der Waals surface area contributed by atoms with Crippen molar-refractivity contribution in [3.05, 3.63) is 48.0 Å². The van der Waals surface area contributed by atoms with E-state index in [1.807, 2.05) is 12.1 Å². The minimum atomic E-state index is -0.251. The maximum Gasteiger partial charge on any atom is 0.248 e. The number of carbonyl (C=O) groups excluding carboxylic acids is 1. The number of amides is 1. The fourth-order valence-corrected chi connectivity index (χ4v) is 2.40. The Labute approximate surface area is 146 Å². The van der Waals surface area contributed by atoms with E-state index in [-0.39, 0.29) is 5.91 Å². The van der Waals surface area contributed by atoms with Gasteiger partial charge in [0.15, 0.2) is 11.5 Å². The number of fused-ring (bicyclic) bond motifs is 1. The highest BCUT2D eigenvalue weighted by molar-refractivity contribution is 6.02. The van der Waals surface area contributed by atoms with Crippen LogP contribution in [0.2, 0.25) is 0 Å². The van der Waals surface area contributed by atoms with Gasteiger partial charge in [0.1, 0.15) is 24.7 Å². The Balaban J connectivity index is 1.69. The quantitative estimate of drug-likeness (QED) is 0.847. The molecule has 1 heterocycles. The molecule has 1 aliphatic heterocycles. The van der Waals surface area contributed by atoms with Gasteiger partial charge in [-0.25, -0.2) is 0 Å². The minimum absolute atomic E-state index is 0.251. The molecule has 0 aliphatic carbocycles. The Hall–Kier alpha value is -3.15. The molecule has 0 bridgehead atoms. The fourth-order valence-electron chi connectivity index (χ4n) is 2.40. The molecule has 0 atom stereocenters. The van der Waals surface area contributed by atoms with E-state index >= 15 is 0 Å². The van der Waals surface area contributed by atoms with Gasteiger partial charge in [0.2, 0.25) is 5.91 Å². The first kappa shape index (κ1) is 16.7. The molecule has 0 fully saturated rings. The molecule has 3 rings (SSSR count). The van der Waals surface area contributed by atoms with Crippen LogP contribution in [-0.2, 0) is 4.79 Å². The zero-order valence-electron chi connectivity index (χ0n) is 14.1. The summed E-state index contributed by atoms with van der Waals surface area (Å²) in [5, 5.41) is 2.80. The second-order valence-corrected chi connectivity index (χ2v) is 5.33. The maximum atomic E-state index is 12.1. The van der Waals surface area contributed by atoms with E-state index in [9.17, 15) is 4.79 Å². The van der Waals surface area contributed by atoms with E-state index in [1.165, 1.54) is 6.08 Å². The molecule has 2 aromatic rings. The molecule has 0 radical (unpaired) electrons. The highest BCUT2D eigenvalue weighted by Crippen LogP contribution is 2.32. The number of hydrogen-bond acceptors (Lipinski definition) is 5. The minimum Gasteiger partial charge on any atom is -0.497 e. The molecule has 1 aliphatic rings. The molecule has 2 aromatic carbocycles. The van der Waals surface area contributed by atoms with Gasteiger partial charge >= 0.3 is 0 Å². The molecule has 0 aromatic heterocycles. The average Bonchev–Trinajstić information content (AvgIpc) is 2.66. The van der Waals surface area contributed by atoms with Crippen LogP contribution in [0.5, 0.6) is 23.0 Å². The third-order valence-electron chi connectivity index (χ3n) is 3.61. The van der Waals surface area contributed by atoms with Crippen LogP contribution in [0.1, 0.15) is 5.56 Å². The summed E-state index contributed by atoms with van der Waals surface area (Å²) in [5.74, 6) is 2.38. The van der Waals surface area contributed by atoms with Crippen molar-refractivity contribution in [2.24, 2.45) is 0 Å². The topological polar surface area (TPSA) is 66.0 Å². The Morgan fingerprint density at radius 1 is 1.00 bits per heavy atom. The third-order valence-corrected chi connectivity index (χ3v) is 3.61. The molecule has 0 saturated heterocycles. The summed E-state index contributed by atoms with van der Waals surface area (Å²) in [5.41, 5.74) is 1.44. The molecular weight excluding hydrogens is 322 g/mol. The zero-order valence-corrected chi connectivity index (χ0v) is 14.1. The van der Waals surface area contributed by atoms with Gasteiger partial charge in [-0.1, -0.05) is 0 Å². The van der Waals surface area contributed by atoms with Gasteiger partial charge in [0, 0.05) is 23.9 Å². The van der Waals surface area contributed by atoms with Crippen molar-refractivity contribution >= 4 is 17.7 Å². The number of carbonyl (C=O) groups is 1. The lowest BCUT2D eigenvalue weighted by Crippen LogP contribution is -2.16. The smallest absolute Gasteiger partial charge is 0.248 e. The van der Waals surface area contributed by atoms with Crippen LogP contribution in [-0.4, -0.2) is 33.3 Å². The molecule has 6 nitrogen and oxygen atoms in total. The Morgan fingerprint density at radius 2 is 1.68 bits per heavy atom. The first-order valence-electron chi connectivity index (χ1n) is 7.80. The summed E-state index contributed by atoms with van der Waals surface area (Å²) in [6.07, 6.45) is 3.14. The molecule has 25 heavy (non-hydrogen) atoms. The molecular formula is C19H19NO5. The largest absolute Gasteiger partial charge is 0.497 e. The lowest BCUT2D eigenvalue weighted by Gasteiger charge is -2.18. The fraction of sp³-hybridized carbons (Fsp3) is 0.211. The van der Waals surface area contributed by atoms with Gasteiger partial charge in [-0.15, -0.1) is 0 Å². The lowest BCUT2D eigenvalue weighted by molar-refractivity contribution is -0.111. The second-order valence-electron chi connectivity index (χ2n) is 5.33. The first-order valence-corrected chi connectivity index (χ1v) is 7.80. The van der Waals surface area contributed by atoms with Crippen LogP contribution < -0.4 is 24.3 Å². The number of nitrogens with one attached hydrogen (secondary N) is 1. The lowest BCUT2D eigenvalue weighted by atomic mass is 10.2. The van der Waals surface area contributed by atoms with Crippen molar-refractivity contribution in [3.8, 4) is 23.0 Å². The van der Waals surface area contributed by atoms with Gasteiger partial charge in [-0.3, -0.25) is 4.79 Å². The second kappa shape index (κ2) is 7.61. The summed E-state index contributed by atoms with van der Waals surface area (Å²) in [7, 11) is 3.16. The number of anilines is 1. The van der Waals surface area contributed by atoms with Crippen LogP contribution in [0.25, 0.3) is 6.08 Å². The van der Waals surface area contributed by atoms with E-state index in [0.717, 1.165) is 5.56 Å². The van der Waals surface area contributed by atoms with Gasteiger partial charge in [-0.2, -0.15) is 0 Å². The van der Waals surface area contributed by atoms with Crippen molar-refractivity contribution in [2.75, 3.05) is 32.8 Å². The van der Waals surface area contributed by atoms with E-state index in [2.05, 4.69) is 5.32 Å². The molecule has 1 N–H and O–H groups in total. The maximum absolute atomic E-state index is 12.1. The molecule has 0 unspecified atom stereocenters. The summed E-state index contributed by atoms with van der Waals surface area (Å²) < 4.78 is 21.4. The SMILES string of the molecule is COc1cc(/C=C/C(=O)Nc2ccc3c(c2)OCCO3)cc(OC)c1. The standard InChI is InChI=1S/C19H19NO5/c1-22-15-9-13(10-16(12-15)23-2)3-6-19(21)20-14-4-5-17-18(11-14)25-8-7-24-17/h3-6,9-12H,7-8H2,1-2H3,(H,20,21)/b6-3+. The summed E-state index contributed by atoms with van der Waals surface area (Å²) in [6, 6.07) is 10.7. The van der Waals surface area contributed by atoms with Crippen molar-refractivity contribution in [1.82, 2.24) is 0 Å². The molecule has 130 valence electrons. The average molecular weight is 341 g/mol. The van der Waals surface area contributed by atoms with Crippen LogP contribution in [0.4, 0.5) is 5.69 Å². The Morgan fingerprint density at radius 3 is 2.36 bits per heavy atom. The first-order chi connectivity index (χ1) is 12.2. The zero-order chi connectivity index (χ0) is 17.6. The Kier molecular flexibility index (Phi) is 5.09. The van der Waals surface area contributed by atoms with Crippen LogP contribution in [0.3, 0.4) is 0 Å². The summed E-state index contributed by atoms with van der Waals surface area (Å²) in [4.78, 5) is 12.1. The number of ether oxygens (including phenoxy) is 4. The highest BCUT2D eigenvalue weighted by atomic mass is 16.6. The van der Waals surface area contributed by atoms with E-state index in [4.69, 9.17) is 18.9 Å². The molecule has 1 amide bonds. The molecule has 6 heteroatoms. The monoisotopic (exact) mass is 341 g/mol. The normalized spacial score (nSPS) is 12.7. The van der Waals surface area contributed by atoms with Crippen LogP contribution in [0, 0.1) is 0 Å². The van der Waals surface area contributed by atoms with E-state index in [1.54, 1.807) is 44.6 Å². The third kappa shape index (κ3) is 4.23. The summed E-state index contributed by atoms with van der Waals surface area (Å²) in [6.45, 7) is 1.04. The summed E-state index contributed by atoms with van der Waals surface area (Å²) >= 11 is 0. The Bertz CT molecular complexity index is 778. The van der Waals surface area contributed by atoms with Crippen molar-refractivity contribution in [2.45, 2.75) is 0 Å². The van der Waals surface area contributed by atoms with Crippen molar-refractivity contribution in [1.29, 1.82) is 0 Å². The van der Waals surface area contributed by atoms with Gasteiger partial charge in [0.25, 0.3) is 0 Å². The molecule has 0 saturated carbocycles. The number of rotatable bonds is 5. The highest BCUT2D eigenvalue weighted by Gasteiger charge is 2.12. The van der Waals surface area contributed by atoms with E-state index in [0.29, 0.717) is 41.9 Å². The number of methoxy groups -OCH3 is 2. The van der Waals surface area contributed by atoms with Crippen LogP contribution >= 0.6 is 0 Å².